The van der Waals surface area contributed by atoms with Gasteiger partial charge >= 0.3 is 87.1 Å². The first-order valence-corrected chi connectivity index (χ1v) is 4.63. The molecule has 0 aromatic heterocycles. The first-order valence-electron chi connectivity index (χ1n) is 3.85. The van der Waals surface area contributed by atoms with Crippen molar-refractivity contribution in [3.8, 4) is 11.5 Å². The Hall–Kier alpha value is -0.986. The summed E-state index contributed by atoms with van der Waals surface area (Å²) >= 11 is 1.79. The number of aromatic hydroxyl groups is 2. The number of rotatable bonds is 0. The quantitative estimate of drug-likeness (QED) is 0.506. The summed E-state index contributed by atoms with van der Waals surface area (Å²) in [5.41, 5.74) is 0. The molecule has 0 unspecified atom stereocenters. The van der Waals surface area contributed by atoms with Gasteiger partial charge in [0, 0.05) is 0 Å². The Kier molecular flexibility index (Phi) is 2.02. The second-order valence-corrected chi connectivity index (χ2v) is 3.62. The van der Waals surface area contributed by atoms with Crippen molar-refractivity contribution >= 4 is 14.6 Å². The van der Waals surface area contributed by atoms with Crippen LogP contribution in [-0.2, 0) is 20.4 Å². The fourth-order valence-electron chi connectivity index (χ4n) is 1.32. The van der Waals surface area contributed by atoms with Gasteiger partial charge in [0.1, 0.15) is 0 Å². The monoisotopic (exact) mass is 207 g/mol. The molecule has 0 aliphatic heterocycles. The number of fused-ring (bicyclic) bond motifs is 1. The molecule has 63 valence electrons. The molecule has 13 heavy (non-hydrogen) atoms. The summed E-state index contributed by atoms with van der Waals surface area (Å²) in [7, 11) is 0. The number of phenolic OH excluding ortho intramolecular Hbond substituents is 2. The Morgan fingerprint density at radius 2 is 1.77 bits per heavy atom. The molecular formula is C10H7O2Ti. The van der Waals surface area contributed by atoms with Crippen molar-refractivity contribution in [2.24, 2.45) is 0 Å². The molecule has 0 saturated carbocycles. The van der Waals surface area contributed by atoms with Gasteiger partial charge in [-0.15, -0.1) is 0 Å². The molecule has 0 bridgehead atoms. The van der Waals surface area contributed by atoms with Crippen molar-refractivity contribution in [2.75, 3.05) is 0 Å². The molecule has 3 heteroatoms. The van der Waals surface area contributed by atoms with E-state index in [1.807, 2.05) is 24.3 Å². The zero-order chi connectivity index (χ0) is 9.42. The minimum atomic E-state index is -0.0591. The molecule has 0 atom stereocenters. The van der Waals surface area contributed by atoms with Crippen LogP contribution in [0, 0.1) is 0 Å². The second-order valence-electron chi connectivity index (χ2n) is 2.84. The van der Waals surface area contributed by atoms with Crippen molar-refractivity contribution < 1.29 is 30.6 Å². The van der Waals surface area contributed by atoms with E-state index in [0.717, 1.165) is 14.6 Å². The second kappa shape index (κ2) is 3.06. The van der Waals surface area contributed by atoms with Crippen molar-refractivity contribution in [1.29, 1.82) is 0 Å². The maximum atomic E-state index is 9.45. The summed E-state index contributed by atoms with van der Waals surface area (Å²) in [4.78, 5) is 0. The number of phenols is 2. The molecular weight excluding hydrogens is 200 g/mol. The number of hydrogen-bond donors (Lipinski definition) is 2. The molecule has 0 radical (unpaired) electrons. The Morgan fingerprint density at radius 3 is 2.54 bits per heavy atom. The summed E-state index contributed by atoms with van der Waals surface area (Å²) in [6.45, 7) is 0. The fraction of sp³-hybridized carbons (Fsp3) is 0. The van der Waals surface area contributed by atoms with Crippen LogP contribution in [0.1, 0.15) is 0 Å². The predicted molar refractivity (Wildman–Crippen MR) is 46.9 cm³/mol. The van der Waals surface area contributed by atoms with Gasteiger partial charge in [0.05, 0.1) is 0 Å². The van der Waals surface area contributed by atoms with Crippen LogP contribution in [0.2, 0.25) is 0 Å². The molecule has 0 amide bonds. The molecule has 0 aliphatic rings. The van der Waals surface area contributed by atoms with Crippen LogP contribution < -0.4 is 3.87 Å². The minimum absolute atomic E-state index is 0.0290. The van der Waals surface area contributed by atoms with E-state index in [1.54, 1.807) is 26.5 Å². The molecule has 0 heterocycles. The molecule has 0 aliphatic carbocycles. The Labute approximate surface area is 87.2 Å². The molecule has 2 aromatic carbocycles. The van der Waals surface area contributed by atoms with Crippen LogP contribution >= 0.6 is 0 Å². The Balaban J connectivity index is 2.94. The van der Waals surface area contributed by atoms with Gasteiger partial charge < -0.3 is 0 Å². The van der Waals surface area contributed by atoms with Crippen molar-refractivity contribution in [3.05, 3.63) is 30.3 Å². The third kappa shape index (κ3) is 1.32. The summed E-state index contributed by atoms with van der Waals surface area (Å²) in [6, 6.07) is 9.20. The van der Waals surface area contributed by atoms with Crippen molar-refractivity contribution in [3.63, 3.8) is 0 Å². The molecule has 2 N–H and O–H groups in total. The zero-order valence-electron chi connectivity index (χ0n) is 6.78. The van der Waals surface area contributed by atoms with E-state index in [0.29, 0.717) is 0 Å². The zero-order valence-corrected chi connectivity index (χ0v) is 8.34. The van der Waals surface area contributed by atoms with Gasteiger partial charge in [-0.05, 0) is 0 Å². The van der Waals surface area contributed by atoms with E-state index < -0.39 is 0 Å². The topological polar surface area (TPSA) is 40.5 Å². The normalized spacial score (nSPS) is 10.4. The van der Waals surface area contributed by atoms with Gasteiger partial charge in [0.2, 0.25) is 0 Å². The average molecular weight is 207 g/mol. The Morgan fingerprint density at radius 1 is 1.08 bits per heavy atom. The van der Waals surface area contributed by atoms with Crippen LogP contribution in [0.5, 0.6) is 11.5 Å². The van der Waals surface area contributed by atoms with E-state index in [-0.39, 0.29) is 11.5 Å². The molecule has 2 nitrogen and oxygen atoms in total. The summed E-state index contributed by atoms with van der Waals surface area (Å²) in [5, 5.41) is 20.7. The maximum absolute atomic E-state index is 9.45. The van der Waals surface area contributed by atoms with Gasteiger partial charge in [-0.2, -0.15) is 0 Å². The Bertz CT molecular complexity index is 466. The van der Waals surface area contributed by atoms with Crippen LogP contribution in [0.4, 0.5) is 0 Å². The molecule has 0 fully saturated rings. The van der Waals surface area contributed by atoms with Crippen LogP contribution in [0.25, 0.3) is 10.8 Å². The van der Waals surface area contributed by atoms with Gasteiger partial charge in [-0.1, -0.05) is 0 Å². The van der Waals surface area contributed by atoms with Gasteiger partial charge in [-0.3, -0.25) is 0 Å². The molecule has 2 rings (SSSR count). The van der Waals surface area contributed by atoms with Gasteiger partial charge in [0.25, 0.3) is 0 Å². The van der Waals surface area contributed by atoms with E-state index >= 15 is 0 Å². The van der Waals surface area contributed by atoms with Gasteiger partial charge in [-0.25, -0.2) is 0 Å². The van der Waals surface area contributed by atoms with E-state index in [4.69, 9.17) is 0 Å². The average Bonchev–Trinajstić information content (AvgIpc) is 2.15. The predicted octanol–water partition coefficient (Wildman–Crippen LogP) is 1.42. The van der Waals surface area contributed by atoms with Crippen LogP contribution in [-0.4, -0.2) is 10.2 Å². The third-order valence-corrected chi connectivity index (χ3v) is 2.79. The van der Waals surface area contributed by atoms with Gasteiger partial charge in [0.15, 0.2) is 0 Å². The number of hydrogen-bond acceptors (Lipinski definition) is 2. The first-order chi connectivity index (χ1) is 6.20. The molecule has 0 saturated heterocycles. The fourth-order valence-corrected chi connectivity index (χ4v) is 1.88. The van der Waals surface area contributed by atoms with Crippen LogP contribution in [0.3, 0.4) is 0 Å². The first kappa shape index (κ1) is 8.61. The van der Waals surface area contributed by atoms with E-state index in [2.05, 4.69) is 0 Å². The van der Waals surface area contributed by atoms with E-state index in [1.165, 1.54) is 0 Å². The molecule has 2 aromatic rings. The third-order valence-electron chi connectivity index (χ3n) is 2.00. The summed E-state index contributed by atoms with van der Waals surface area (Å²) in [5.74, 6) is -0.0881. The summed E-state index contributed by atoms with van der Waals surface area (Å²) in [6.07, 6.45) is 0. The molecule has 0 spiro atoms. The standard InChI is InChI=1S/C10H7O2.Ti/c11-9-5-7-3-1-2-4-8(7)6-10(9)12;/h1-5,11-12H;. The van der Waals surface area contributed by atoms with Crippen LogP contribution in [0.15, 0.2) is 30.3 Å². The van der Waals surface area contributed by atoms with Crippen molar-refractivity contribution in [2.45, 2.75) is 0 Å². The summed E-state index contributed by atoms with van der Waals surface area (Å²) < 4.78 is 0.718. The number of benzene rings is 2. The van der Waals surface area contributed by atoms with E-state index in [9.17, 15) is 10.2 Å². The SMILES string of the molecule is Oc1cc2ccccc2[c]([Ti])c1O. The van der Waals surface area contributed by atoms with Crippen molar-refractivity contribution in [1.82, 2.24) is 0 Å².